The number of sulfonamides is 1. The summed E-state index contributed by atoms with van der Waals surface area (Å²) in [5.41, 5.74) is 5.38. The number of carbonyl (C=O) groups excluding carboxylic acids is 3. The highest BCUT2D eigenvalue weighted by Gasteiger charge is 2.26. The van der Waals surface area contributed by atoms with E-state index in [-0.39, 0.29) is 16.5 Å². The van der Waals surface area contributed by atoms with E-state index in [2.05, 4.69) is 15.5 Å². The van der Waals surface area contributed by atoms with E-state index in [4.69, 9.17) is 0 Å². The molecule has 29 heavy (non-hydrogen) atoms. The van der Waals surface area contributed by atoms with Crippen molar-refractivity contribution in [1.82, 2.24) is 16.2 Å². The number of anilines is 1. The van der Waals surface area contributed by atoms with Gasteiger partial charge in [0.2, 0.25) is 0 Å². The van der Waals surface area contributed by atoms with Crippen molar-refractivity contribution in [2.75, 3.05) is 4.72 Å². The molecule has 1 fully saturated rings. The second-order valence-electron chi connectivity index (χ2n) is 6.66. The maximum atomic E-state index is 12.6. The van der Waals surface area contributed by atoms with E-state index in [1.807, 2.05) is 18.4 Å². The first-order valence-corrected chi connectivity index (χ1v) is 10.3. The molecule has 152 valence electrons. The Balaban J connectivity index is 1.65. The van der Waals surface area contributed by atoms with E-state index in [1.54, 1.807) is 18.2 Å². The maximum Gasteiger partial charge on any atom is 0.327 e. The van der Waals surface area contributed by atoms with Crippen molar-refractivity contribution in [3.8, 4) is 0 Å². The van der Waals surface area contributed by atoms with Gasteiger partial charge in [0.15, 0.2) is 0 Å². The molecule has 0 heterocycles. The van der Waals surface area contributed by atoms with Crippen LogP contribution in [0.4, 0.5) is 5.69 Å². The Morgan fingerprint density at radius 2 is 1.66 bits per heavy atom. The molecule has 0 bridgehead atoms. The van der Waals surface area contributed by atoms with E-state index in [0.717, 1.165) is 18.4 Å². The zero-order chi connectivity index (χ0) is 21.0. The summed E-state index contributed by atoms with van der Waals surface area (Å²) in [5.74, 6) is -2.60. The Bertz CT molecular complexity index is 1060. The fourth-order valence-corrected chi connectivity index (χ4v) is 3.54. The second kappa shape index (κ2) is 8.31. The molecule has 0 atom stereocenters. The van der Waals surface area contributed by atoms with Gasteiger partial charge in [-0.3, -0.25) is 30.0 Å². The summed E-state index contributed by atoms with van der Waals surface area (Å²) in [6.07, 6.45) is 1.65. The molecule has 2 aromatic carbocycles. The predicted octanol–water partition coefficient (Wildman–Crippen LogP) is 0.835. The van der Waals surface area contributed by atoms with Gasteiger partial charge in [0.25, 0.3) is 15.9 Å². The third kappa shape index (κ3) is 5.55. The van der Waals surface area contributed by atoms with E-state index in [9.17, 15) is 22.8 Å². The molecule has 0 unspecified atom stereocenters. The largest absolute Gasteiger partial charge is 0.345 e. The summed E-state index contributed by atoms with van der Waals surface area (Å²) < 4.78 is 27.6. The Hall–Kier alpha value is -3.40. The van der Waals surface area contributed by atoms with Crippen LogP contribution in [0.3, 0.4) is 0 Å². The molecule has 0 spiro atoms. The molecule has 0 radical (unpaired) electrons. The summed E-state index contributed by atoms with van der Waals surface area (Å²) >= 11 is 0. The number of aryl methyl sites for hydroxylation is 1. The van der Waals surface area contributed by atoms with Crippen LogP contribution in [0.25, 0.3) is 0 Å². The first-order valence-electron chi connectivity index (χ1n) is 8.85. The maximum absolute atomic E-state index is 12.6. The van der Waals surface area contributed by atoms with Gasteiger partial charge in [-0.05, 0) is 55.7 Å². The third-order valence-corrected chi connectivity index (χ3v) is 5.46. The lowest BCUT2D eigenvalue weighted by Gasteiger charge is -2.11. The van der Waals surface area contributed by atoms with Gasteiger partial charge < -0.3 is 5.32 Å². The minimum absolute atomic E-state index is 0.0000170. The van der Waals surface area contributed by atoms with Crippen molar-refractivity contribution in [2.45, 2.75) is 30.7 Å². The van der Waals surface area contributed by atoms with Gasteiger partial charge in [0.1, 0.15) is 0 Å². The number of rotatable bonds is 5. The summed E-state index contributed by atoms with van der Waals surface area (Å²) in [7, 11) is -3.92. The van der Waals surface area contributed by atoms with Gasteiger partial charge in [0, 0.05) is 17.3 Å². The van der Waals surface area contributed by atoms with Crippen molar-refractivity contribution < 1.29 is 22.8 Å². The van der Waals surface area contributed by atoms with Crippen molar-refractivity contribution in [3.05, 3.63) is 59.7 Å². The van der Waals surface area contributed by atoms with Gasteiger partial charge in [-0.15, -0.1) is 0 Å². The van der Waals surface area contributed by atoms with Gasteiger partial charge in [-0.1, -0.05) is 18.2 Å². The molecule has 0 aromatic heterocycles. The fraction of sp³-hybridized carbons (Fsp3) is 0.211. The lowest BCUT2D eigenvalue weighted by molar-refractivity contribution is -0.139. The SMILES string of the molecule is Cc1cccc(NS(=O)(=O)c2cccc(C(=O)NNC(=O)C(=O)NC3CC3)c2)c1. The van der Waals surface area contributed by atoms with Crippen molar-refractivity contribution in [3.63, 3.8) is 0 Å². The smallest absolute Gasteiger partial charge is 0.327 e. The van der Waals surface area contributed by atoms with Crippen LogP contribution in [0.15, 0.2) is 53.4 Å². The van der Waals surface area contributed by atoms with Gasteiger partial charge in [-0.2, -0.15) is 0 Å². The number of carbonyl (C=O) groups is 3. The first kappa shape index (κ1) is 20.3. The molecule has 3 amide bonds. The standard InChI is InChI=1S/C19H20N4O5S/c1-12-4-2-6-15(10-12)23-29(27,28)16-7-3-5-13(11-16)17(24)21-22-19(26)18(25)20-14-8-9-14/h2-7,10-11,14,23H,8-9H2,1H3,(H,20,25)(H,21,24)(H,22,26). The average molecular weight is 416 g/mol. The number of hydrogen-bond acceptors (Lipinski definition) is 5. The number of nitrogens with one attached hydrogen (secondary N) is 4. The minimum Gasteiger partial charge on any atom is -0.345 e. The highest BCUT2D eigenvalue weighted by atomic mass is 32.2. The average Bonchev–Trinajstić information content (AvgIpc) is 3.49. The normalized spacial score (nSPS) is 13.3. The second-order valence-corrected chi connectivity index (χ2v) is 8.34. The zero-order valence-corrected chi connectivity index (χ0v) is 16.4. The monoisotopic (exact) mass is 416 g/mol. The molecule has 0 aliphatic heterocycles. The van der Waals surface area contributed by atoms with Crippen LogP contribution in [0.2, 0.25) is 0 Å². The minimum atomic E-state index is -3.92. The zero-order valence-electron chi connectivity index (χ0n) is 15.6. The first-order chi connectivity index (χ1) is 13.7. The molecule has 2 aromatic rings. The molecular formula is C19H20N4O5S. The number of benzene rings is 2. The number of amides is 3. The van der Waals surface area contributed by atoms with Crippen molar-refractivity contribution in [2.24, 2.45) is 0 Å². The van der Waals surface area contributed by atoms with Crippen molar-refractivity contribution in [1.29, 1.82) is 0 Å². The summed E-state index contributed by atoms with van der Waals surface area (Å²) in [4.78, 5) is 35.3. The Morgan fingerprint density at radius 3 is 2.34 bits per heavy atom. The fourth-order valence-electron chi connectivity index (χ4n) is 2.45. The van der Waals surface area contributed by atoms with Crippen LogP contribution >= 0.6 is 0 Å². The molecular weight excluding hydrogens is 396 g/mol. The van der Waals surface area contributed by atoms with E-state index >= 15 is 0 Å². The van der Waals surface area contributed by atoms with Gasteiger partial charge in [0.05, 0.1) is 4.90 Å². The van der Waals surface area contributed by atoms with Crippen molar-refractivity contribution >= 4 is 33.4 Å². The van der Waals surface area contributed by atoms with Gasteiger partial charge >= 0.3 is 11.8 Å². The quantitative estimate of drug-likeness (QED) is 0.423. The lowest BCUT2D eigenvalue weighted by atomic mass is 10.2. The number of hydrogen-bond donors (Lipinski definition) is 4. The molecule has 1 aliphatic rings. The highest BCUT2D eigenvalue weighted by Crippen LogP contribution is 2.19. The topological polar surface area (TPSA) is 133 Å². The molecule has 10 heteroatoms. The molecule has 3 rings (SSSR count). The van der Waals surface area contributed by atoms with Crippen LogP contribution in [-0.2, 0) is 19.6 Å². The summed E-state index contributed by atoms with van der Waals surface area (Å²) in [6.45, 7) is 1.84. The van der Waals surface area contributed by atoms with E-state index in [1.165, 1.54) is 24.3 Å². The van der Waals surface area contributed by atoms with Crippen LogP contribution < -0.4 is 20.9 Å². The molecule has 1 saturated carbocycles. The molecule has 4 N–H and O–H groups in total. The lowest BCUT2D eigenvalue weighted by Crippen LogP contribution is -2.49. The van der Waals surface area contributed by atoms with E-state index in [0.29, 0.717) is 5.69 Å². The van der Waals surface area contributed by atoms with Gasteiger partial charge in [-0.25, -0.2) is 8.42 Å². The van der Waals surface area contributed by atoms with E-state index < -0.39 is 27.7 Å². The van der Waals surface area contributed by atoms with Crippen LogP contribution in [0.1, 0.15) is 28.8 Å². The van der Waals surface area contributed by atoms with Crippen LogP contribution in [0, 0.1) is 6.92 Å². The molecule has 9 nitrogen and oxygen atoms in total. The third-order valence-electron chi connectivity index (χ3n) is 4.09. The Labute approximate surface area is 167 Å². The number of hydrazine groups is 1. The van der Waals surface area contributed by atoms with Crippen LogP contribution in [-0.4, -0.2) is 32.2 Å². The predicted molar refractivity (Wildman–Crippen MR) is 105 cm³/mol. The molecule has 0 saturated heterocycles. The Kier molecular flexibility index (Phi) is 5.83. The summed E-state index contributed by atoms with van der Waals surface area (Å²) in [6, 6.07) is 12.2. The Morgan fingerprint density at radius 1 is 0.931 bits per heavy atom. The van der Waals surface area contributed by atoms with Crippen LogP contribution in [0.5, 0.6) is 0 Å². The molecule has 1 aliphatic carbocycles. The summed E-state index contributed by atoms with van der Waals surface area (Å²) in [5, 5.41) is 2.48. The highest BCUT2D eigenvalue weighted by molar-refractivity contribution is 7.92.